The third kappa shape index (κ3) is 5.06. The molecule has 0 radical (unpaired) electrons. The lowest BCUT2D eigenvalue weighted by atomic mass is 10.0. The van der Waals surface area contributed by atoms with Gasteiger partial charge < -0.3 is 20.7 Å². The first-order valence-electron chi connectivity index (χ1n) is 10.7. The Kier molecular flexibility index (Phi) is 6.46. The lowest BCUT2D eigenvalue weighted by molar-refractivity contribution is -0.118. The normalized spacial score (nSPS) is 13.5. The van der Waals surface area contributed by atoms with Crippen molar-refractivity contribution in [1.29, 1.82) is 0 Å². The van der Waals surface area contributed by atoms with Crippen LogP contribution in [0.3, 0.4) is 0 Å². The minimum Gasteiger partial charge on any atom is -0.482 e. The fourth-order valence-corrected chi connectivity index (χ4v) is 4.29. The van der Waals surface area contributed by atoms with Crippen LogP contribution < -0.4 is 20.7 Å². The number of rotatable bonds is 6. The topological polar surface area (TPSA) is 96.5 Å². The van der Waals surface area contributed by atoms with Gasteiger partial charge in [-0.15, -0.1) is 11.3 Å². The number of benzene rings is 2. The average Bonchev–Trinajstić information content (AvgIpc) is 3.26. The zero-order valence-corrected chi connectivity index (χ0v) is 19.4. The Morgan fingerprint density at radius 1 is 1.00 bits per heavy atom. The van der Waals surface area contributed by atoms with Gasteiger partial charge in [-0.05, 0) is 59.7 Å². The van der Waals surface area contributed by atoms with Crippen molar-refractivity contribution < 1.29 is 19.1 Å². The monoisotopic (exact) mass is 463 g/mol. The predicted octanol–water partition coefficient (Wildman–Crippen LogP) is 4.95. The fraction of sp³-hybridized carbons (Fsp3) is 0.240. The van der Waals surface area contributed by atoms with Gasteiger partial charge in [-0.1, -0.05) is 32.0 Å². The molecule has 0 saturated heterocycles. The van der Waals surface area contributed by atoms with Gasteiger partial charge in [0.2, 0.25) is 0 Å². The number of hydrogen-bond acceptors (Lipinski definition) is 5. The Morgan fingerprint density at radius 3 is 2.45 bits per heavy atom. The first kappa shape index (κ1) is 22.5. The molecule has 1 atom stereocenters. The number of ether oxygens (including phenoxy) is 1. The van der Waals surface area contributed by atoms with Gasteiger partial charge in [0.15, 0.2) is 6.61 Å². The van der Waals surface area contributed by atoms with Crippen LogP contribution in [0.25, 0.3) is 0 Å². The summed E-state index contributed by atoms with van der Waals surface area (Å²) in [4.78, 5) is 37.2. The second-order valence-corrected chi connectivity index (χ2v) is 9.10. The van der Waals surface area contributed by atoms with Crippen molar-refractivity contribution in [3.05, 3.63) is 76.2 Å². The van der Waals surface area contributed by atoms with Gasteiger partial charge in [-0.2, -0.15) is 0 Å². The van der Waals surface area contributed by atoms with Crippen molar-refractivity contribution in [2.24, 2.45) is 0 Å². The highest BCUT2D eigenvalue weighted by molar-refractivity contribution is 7.14. The molecule has 0 fully saturated rings. The second kappa shape index (κ2) is 9.46. The van der Waals surface area contributed by atoms with E-state index in [2.05, 4.69) is 29.8 Å². The Labute approximate surface area is 196 Å². The van der Waals surface area contributed by atoms with Crippen LogP contribution in [-0.2, 0) is 4.79 Å². The van der Waals surface area contributed by atoms with Crippen molar-refractivity contribution in [2.75, 3.05) is 17.2 Å². The summed E-state index contributed by atoms with van der Waals surface area (Å²) in [6, 6.07) is 14.2. The molecule has 7 nitrogen and oxygen atoms in total. The molecular formula is C25H25N3O4S. The first-order chi connectivity index (χ1) is 15.8. The number of hydrogen-bond donors (Lipinski definition) is 3. The Bertz CT molecular complexity index is 1200. The molecule has 0 saturated carbocycles. The van der Waals surface area contributed by atoms with E-state index in [1.807, 2.05) is 25.1 Å². The van der Waals surface area contributed by atoms with Crippen molar-refractivity contribution in [3.8, 4) is 5.75 Å². The quantitative estimate of drug-likeness (QED) is 0.482. The predicted molar refractivity (Wildman–Crippen MR) is 129 cm³/mol. The zero-order valence-electron chi connectivity index (χ0n) is 18.6. The van der Waals surface area contributed by atoms with Gasteiger partial charge in [0.25, 0.3) is 17.7 Å². The Hall–Kier alpha value is -3.65. The van der Waals surface area contributed by atoms with Crippen LogP contribution >= 0.6 is 11.3 Å². The number of nitrogens with one attached hydrogen (secondary N) is 3. The van der Waals surface area contributed by atoms with E-state index >= 15 is 0 Å². The van der Waals surface area contributed by atoms with E-state index in [4.69, 9.17) is 4.74 Å². The molecule has 1 aliphatic heterocycles. The maximum atomic E-state index is 12.9. The number of thiophene rings is 1. The van der Waals surface area contributed by atoms with Crippen LogP contribution in [0.15, 0.2) is 53.9 Å². The van der Waals surface area contributed by atoms with E-state index in [-0.39, 0.29) is 30.4 Å². The number of carbonyl (C=O) groups is 3. The summed E-state index contributed by atoms with van der Waals surface area (Å²) in [6.45, 7) is 6.04. The highest BCUT2D eigenvalue weighted by atomic mass is 32.1. The van der Waals surface area contributed by atoms with E-state index < -0.39 is 0 Å². The third-order valence-corrected chi connectivity index (χ3v) is 6.29. The van der Waals surface area contributed by atoms with Crippen LogP contribution in [0.2, 0.25) is 0 Å². The maximum absolute atomic E-state index is 12.9. The highest BCUT2D eigenvalue weighted by Gasteiger charge is 2.21. The van der Waals surface area contributed by atoms with E-state index in [9.17, 15) is 14.4 Å². The van der Waals surface area contributed by atoms with Gasteiger partial charge in [0.1, 0.15) is 10.8 Å². The van der Waals surface area contributed by atoms with Crippen molar-refractivity contribution >= 4 is 39.7 Å². The zero-order chi connectivity index (χ0) is 23.5. The fourth-order valence-electron chi connectivity index (χ4n) is 3.51. The van der Waals surface area contributed by atoms with Gasteiger partial charge in [0.05, 0.1) is 17.3 Å². The van der Waals surface area contributed by atoms with Gasteiger partial charge in [0, 0.05) is 5.56 Å². The minimum absolute atomic E-state index is 0.00679. The molecule has 0 spiro atoms. The van der Waals surface area contributed by atoms with Crippen molar-refractivity contribution in [3.63, 3.8) is 0 Å². The standard InChI is InChI=1S/C25H25N3O4S/c1-14(2)16-4-6-17(7-5-16)23(30)28-25-19(10-11-33-25)24(31)26-15(3)18-8-9-21-20(12-18)27-22(29)13-32-21/h4-12,14-15H,13H2,1-3H3,(H,26,31)(H,27,29)(H,28,30). The SMILES string of the molecule is CC(C)c1ccc(C(=O)Nc2sccc2C(=O)NC(C)c2ccc3c(c2)NC(=O)CO3)cc1. The molecule has 1 aliphatic rings. The molecule has 3 N–H and O–H groups in total. The molecule has 1 unspecified atom stereocenters. The summed E-state index contributed by atoms with van der Waals surface area (Å²) in [6.07, 6.45) is 0. The molecule has 3 amide bonds. The number of anilines is 2. The van der Waals surface area contributed by atoms with Gasteiger partial charge in [-0.3, -0.25) is 14.4 Å². The lowest BCUT2D eigenvalue weighted by Gasteiger charge is -2.21. The summed E-state index contributed by atoms with van der Waals surface area (Å²) in [5, 5.41) is 10.8. The van der Waals surface area contributed by atoms with Crippen LogP contribution in [0.1, 0.15) is 64.6 Å². The van der Waals surface area contributed by atoms with E-state index in [0.29, 0.717) is 33.5 Å². The summed E-state index contributed by atoms with van der Waals surface area (Å²) in [5.41, 5.74) is 3.49. The molecule has 0 aliphatic carbocycles. The maximum Gasteiger partial charge on any atom is 0.262 e. The second-order valence-electron chi connectivity index (χ2n) is 8.18. The highest BCUT2D eigenvalue weighted by Crippen LogP contribution is 2.31. The largest absolute Gasteiger partial charge is 0.482 e. The minimum atomic E-state index is -0.325. The van der Waals surface area contributed by atoms with Crippen molar-refractivity contribution in [1.82, 2.24) is 5.32 Å². The molecule has 3 aromatic rings. The molecule has 0 bridgehead atoms. The van der Waals surface area contributed by atoms with E-state index in [1.165, 1.54) is 11.3 Å². The lowest BCUT2D eigenvalue weighted by Crippen LogP contribution is -2.28. The van der Waals surface area contributed by atoms with Gasteiger partial charge in [-0.25, -0.2) is 0 Å². The smallest absolute Gasteiger partial charge is 0.262 e. The van der Waals surface area contributed by atoms with Crippen molar-refractivity contribution in [2.45, 2.75) is 32.7 Å². The number of fused-ring (bicyclic) bond motifs is 1. The molecule has 2 aromatic carbocycles. The summed E-state index contributed by atoms with van der Waals surface area (Å²) in [5.74, 6) is 0.207. The average molecular weight is 464 g/mol. The number of amides is 3. The molecule has 4 rings (SSSR count). The molecule has 8 heteroatoms. The third-order valence-electron chi connectivity index (χ3n) is 5.46. The first-order valence-corrected chi connectivity index (χ1v) is 11.6. The molecular weight excluding hydrogens is 438 g/mol. The van der Waals surface area contributed by atoms with E-state index in [0.717, 1.165) is 11.1 Å². The van der Waals surface area contributed by atoms with Crippen LogP contribution in [-0.4, -0.2) is 24.3 Å². The van der Waals surface area contributed by atoms with Gasteiger partial charge >= 0.3 is 0 Å². The summed E-state index contributed by atoms with van der Waals surface area (Å²) in [7, 11) is 0. The summed E-state index contributed by atoms with van der Waals surface area (Å²) >= 11 is 1.29. The van der Waals surface area contributed by atoms with E-state index in [1.54, 1.807) is 35.7 Å². The summed E-state index contributed by atoms with van der Waals surface area (Å²) < 4.78 is 5.38. The molecule has 1 aromatic heterocycles. The molecule has 2 heterocycles. The molecule has 170 valence electrons. The van der Waals surface area contributed by atoms with Crippen LogP contribution in [0.4, 0.5) is 10.7 Å². The Balaban J connectivity index is 1.44. The Morgan fingerprint density at radius 2 is 1.73 bits per heavy atom. The van der Waals surface area contributed by atoms with Crippen LogP contribution in [0, 0.1) is 0 Å². The number of carbonyl (C=O) groups excluding carboxylic acids is 3. The van der Waals surface area contributed by atoms with Crippen LogP contribution in [0.5, 0.6) is 5.75 Å². The molecule has 33 heavy (non-hydrogen) atoms.